The average molecular weight is 269 g/mol. The van der Waals surface area contributed by atoms with Gasteiger partial charge in [0.05, 0.1) is 20.0 Å². The lowest BCUT2D eigenvalue weighted by molar-refractivity contribution is -0.140. The number of hydrogen-bond donors (Lipinski definition) is 1. The smallest absolute Gasteiger partial charge is 0.325 e. The van der Waals surface area contributed by atoms with Gasteiger partial charge in [-0.2, -0.15) is 0 Å². The molecule has 1 N–H and O–H groups in total. The van der Waals surface area contributed by atoms with Gasteiger partial charge >= 0.3 is 5.97 Å². The Kier molecular flexibility index (Phi) is 6.07. The van der Waals surface area contributed by atoms with Crippen LogP contribution in [0.2, 0.25) is 0 Å². The number of carbonyl (C=O) groups is 2. The molecule has 1 rings (SSSR count). The third kappa shape index (κ3) is 5.09. The number of ether oxygens (including phenoxy) is 2. The van der Waals surface area contributed by atoms with Gasteiger partial charge in [-0.1, -0.05) is 0 Å². The maximum atomic E-state index is 11.4. The molecule has 0 radical (unpaired) electrons. The first kappa shape index (κ1) is 14.4. The first-order chi connectivity index (χ1) is 8.65. The van der Waals surface area contributed by atoms with Crippen molar-refractivity contribution in [1.82, 2.24) is 5.32 Å². The number of thioether (sulfide) groups is 1. The van der Waals surface area contributed by atoms with Crippen molar-refractivity contribution >= 4 is 23.6 Å². The average Bonchev–Trinajstić information content (AvgIpc) is 2.42. The predicted molar refractivity (Wildman–Crippen MR) is 68.7 cm³/mol. The summed E-state index contributed by atoms with van der Waals surface area (Å²) in [7, 11) is 2.88. The molecular weight excluding hydrogens is 254 g/mol. The monoisotopic (exact) mass is 269 g/mol. The van der Waals surface area contributed by atoms with Crippen LogP contribution in [0.3, 0.4) is 0 Å². The first-order valence-electron chi connectivity index (χ1n) is 5.26. The number of hydrogen-bond acceptors (Lipinski definition) is 5. The number of methoxy groups -OCH3 is 2. The van der Waals surface area contributed by atoms with Crippen LogP contribution < -0.4 is 10.1 Å². The van der Waals surface area contributed by atoms with Crippen molar-refractivity contribution in [3.8, 4) is 5.75 Å². The number of esters is 1. The molecule has 0 aliphatic carbocycles. The van der Waals surface area contributed by atoms with E-state index in [1.807, 2.05) is 24.3 Å². The summed E-state index contributed by atoms with van der Waals surface area (Å²) in [5.41, 5.74) is 0. The Hall–Kier alpha value is -1.69. The SMILES string of the molecule is COC(=O)CNC(=O)CSc1ccc(OC)cc1. The summed E-state index contributed by atoms with van der Waals surface area (Å²) in [6.45, 7) is -0.0987. The van der Waals surface area contributed by atoms with Gasteiger partial charge in [-0.25, -0.2) is 0 Å². The van der Waals surface area contributed by atoms with Gasteiger partial charge < -0.3 is 14.8 Å². The van der Waals surface area contributed by atoms with E-state index < -0.39 is 5.97 Å². The number of nitrogens with one attached hydrogen (secondary N) is 1. The van der Waals surface area contributed by atoms with Gasteiger partial charge in [0.15, 0.2) is 0 Å². The molecule has 18 heavy (non-hydrogen) atoms. The zero-order valence-electron chi connectivity index (χ0n) is 10.3. The standard InChI is InChI=1S/C12H15NO4S/c1-16-9-3-5-10(6-4-9)18-8-11(14)13-7-12(15)17-2/h3-6H,7-8H2,1-2H3,(H,13,14). The van der Waals surface area contributed by atoms with Gasteiger partial charge in [0, 0.05) is 4.90 Å². The number of rotatable bonds is 6. The fourth-order valence-corrected chi connectivity index (χ4v) is 1.84. The summed E-state index contributed by atoms with van der Waals surface area (Å²) in [5.74, 6) is 0.358. The molecule has 0 bridgehead atoms. The van der Waals surface area contributed by atoms with Crippen molar-refractivity contribution in [2.24, 2.45) is 0 Å². The second kappa shape index (κ2) is 7.60. The summed E-state index contributed by atoms with van der Waals surface area (Å²) in [6, 6.07) is 7.40. The van der Waals surface area contributed by atoms with Gasteiger partial charge in [0.25, 0.3) is 0 Å². The molecule has 0 aromatic heterocycles. The minimum Gasteiger partial charge on any atom is -0.497 e. The number of carbonyl (C=O) groups excluding carboxylic acids is 2. The molecule has 98 valence electrons. The lowest BCUT2D eigenvalue weighted by Gasteiger charge is -2.04. The van der Waals surface area contributed by atoms with Crippen LogP contribution in [-0.2, 0) is 14.3 Å². The Labute approximate surface area is 110 Å². The van der Waals surface area contributed by atoms with Crippen LogP contribution in [0, 0.1) is 0 Å². The lowest BCUT2D eigenvalue weighted by atomic mass is 10.3. The van der Waals surface area contributed by atoms with Crippen LogP contribution in [0.4, 0.5) is 0 Å². The molecule has 0 heterocycles. The molecule has 0 saturated carbocycles. The molecule has 0 atom stereocenters. The van der Waals surface area contributed by atoms with Crippen molar-refractivity contribution in [2.45, 2.75) is 4.90 Å². The van der Waals surface area contributed by atoms with Crippen molar-refractivity contribution in [1.29, 1.82) is 0 Å². The molecule has 1 amide bonds. The molecule has 5 nitrogen and oxygen atoms in total. The molecule has 6 heteroatoms. The molecule has 0 aliphatic heterocycles. The summed E-state index contributed by atoms with van der Waals surface area (Å²) >= 11 is 1.39. The second-order valence-corrected chi connectivity index (χ2v) is 4.37. The molecule has 0 saturated heterocycles. The third-order valence-electron chi connectivity index (χ3n) is 2.09. The number of benzene rings is 1. The van der Waals surface area contributed by atoms with E-state index in [0.29, 0.717) is 0 Å². The van der Waals surface area contributed by atoms with Crippen LogP contribution >= 0.6 is 11.8 Å². The molecule has 1 aromatic carbocycles. The zero-order valence-corrected chi connectivity index (χ0v) is 11.1. The van der Waals surface area contributed by atoms with Crippen molar-refractivity contribution in [3.05, 3.63) is 24.3 Å². The van der Waals surface area contributed by atoms with Gasteiger partial charge in [0.1, 0.15) is 12.3 Å². The van der Waals surface area contributed by atoms with E-state index in [9.17, 15) is 9.59 Å². The fraction of sp³-hybridized carbons (Fsp3) is 0.333. The van der Waals surface area contributed by atoms with Crippen LogP contribution in [0.5, 0.6) is 5.75 Å². The highest BCUT2D eigenvalue weighted by atomic mass is 32.2. The van der Waals surface area contributed by atoms with Crippen LogP contribution in [0.25, 0.3) is 0 Å². The van der Waals surface area contributed by atoms with Gasteiger partial charge in [-0.3, -0.25) is 9.59 Å². The van der Waals surface area contributed by atoms with E-state index in [4.69, 9.17) is 4.74 Å². The zero-order chi connectivity index (χ0) is 13.4. The Bertz CT molecular complexity index is 405. The van der Waals surface area contributed by atoms with E-state index >= 15 is 0 Å². The van der Waals surface area contributed by atoms with Crippen molar-refractivity contribution in [2.75, 3.05) is 26.5 Å². The van der Waals surface area contributed by atoms with Crippen molar-refractivity contribution < 1.29 is 19.1 Å². The minimum atomic E-state index is -0.460. The Balaban J connectivity index is 2.31. The van der Waals surface area contributed by atoms with Gasteiger partial charge in [0.2, 0.25) is 5.91 Å². The van der Waals surface area contributed by atoms with E-state index in [1.165, 1.54) is 18.9 Å². The molecule has 1 aromatic rings. The molecule has 0 unspecified atom stereocenters. The highest BCUT2D eigenvalue weighted by Gasteiger charge is 2.05. The highest BCUT2D eigenvalue weighted by Crippen LogP contribution is 2.20. The van der Waals surface area contributed by atoms with Gasteiger partial charge in [-0.05, 0) is 24.3 Å². The summed E-state index contributed by atoms with van der Waals surface area (Å²) < 4.78 is 9.45. The summed E-state index contributed by atoms with van der Waals surface area (Å²) in [6.07, 6.45) is 0. The van der Waals surface area contributed by atoms with E-state index in [2.05, 4.69) is 10.1 Å². The van der Waals surface area contributed by atoms with Crippen LogP contribution in [0.1, 0.15) is 0 Å². The molecule has 0 spiro atoms. The van der Waals surface area contributed by atoms with E-state index in [0.717, 1.165) is 10.6 Å². The Morgan fingerprint density at radius 2 is 1.89 bits per heavy atom. The third-order valence-corrected chi connectivity index (χ3v) is 3.10. The Morgan fingerprint density at radius 3 is 2.44 bits per heavy atom. The molecule has 0 aliphatic rings. The largest absolute Gasteiger partial charge is 0.497 e. The Morgan fingerprint density at radius 1 is 1.22 bits per heavy atom. The molecule has 0 fully saturated rings. The summed E-state index contributed by atoms with van der Waals surface area (Å²) in [4.78, 5) is 23.2. The maximum absolute atomic E-state index is 11.4. The topological polar surface area (TPSA) is 64.6 Å². The quantitative estimate of drug-likeness (QED) is 0.618. The fourth-order valence-electron chi connectivity index (χ4n) is 1.11. The minimum absolute atomic E-state index is 0.0987. The maximum Gasteiger partial charge on any atom is 0.325 e. The second-order valence-electron chi connectivity index (χ2n) is 3.32. The van der Waals surface area contributed by atoms with Crippen molar-refractivity contribution in [3.63, 3.8) is 0 Å². The lowest BCUT2D eigenvalue weighted by Crippen LogP contribution is -2.31. The first-order valence-corrected chi connectivity index (χ1v) is 6.24. The van der Waals surface area contributed by atoms with Gasteiger partial charge in [-0.15, -0.1) is 11.8 Å². The number of amides is 1. The normalized spacial score (nSPS) is 9.67. The van der Waals surface area contributed by atoms with Crippen LogP contribution in [-0.4, -0.2) is 38.4 Å². The predicted octanol–water partition coefficient (Wildman–Crippen LogP) is 1.08. The van der Waals surface area contributed by atoms with Crippen LogP contribution in [0.15, 0.2) is 29.2 Å². The highest BCUT2D eigenvalue weighted by molar-refractivity contribution is 8.00. The molecular formula is C12H15NO4S. The summed E-state index contributed by atoms with van der Waals surface area (Å²) in [5, 5.41) is 2.47. The van der Waals surface area contributed by atoms with E-state index in [1.54, 1.807) is 7.11 Å². The van der Waals surface area contributed by atoms with E-state index in [-0.39, 0.29) is 18.2 Å².